The van der Waals surface area contributed by atoms with E-state index in [2.05, 4.69) is 26.9 Å². The molecule has 29 heavy (non-hydrogen) atoms. The summed E-state index contributed by atoms with van der Waals surface area (Å²) >= 11 is 0. The maximum Gasteiger partial charge on any atom is 0.127 e. The van der Waals surface area contributed by atoms with Gasteiger partial charge in [0.25, 0.3) is 0 Å². The van der Waals surface area contributed by atoms with E-state index in [4.69, 9.17) is 9.47 Å². The molecule has 3 aromatic rings. The molecule has 0 spiro atoms. The third-order valence-electron chi connectivity index (χ3n) is 5.09. The minimum atomic E-state index is 0.726. The molecule has 150 valence electrons. The van der Waals surface area contributed by atoms with Crippen LogP contribution in [-0.2, 0) is 0 Å². The van der Waals surface area contributed by atoms with Crippen LogP contribution in [0.25, 0.3) is 0 Å². The van der Waals surface area contributed by atoms with Gasteiger partial charge in [-0.25, -0.2) is 0 Å². The third-order valence-corrected chi connectivity index (χ3v) is 5.09. The van der Waals surface area contributed by atoms with E-state index in [9.17, 15) is 0 Å². The second-order valence-electron chi connectivity index (χ2n) is 7.12. The van der Waals surface area contributed by atoms with Crippen LogP contribution in [0.3, 0.4) is 0 Å². The molecular formula is C24H27N3O2. The average Bonchev–Trinajstić information content (AvgIpc) is 2.79. The number of rotatable bonds is 8. The van der Waals surface area contributed by atoms with E-state index in [1.807, 2.05) is 67.0 Å². The van der Waals surface area contributed by atoms with Gasteiger partial charge in [-0.15, -0.1) is 0 Å². The normalized spacial score (nSPS) is 14.6. The number of anilines is 1. The first kappa shape index (κ1) is 19.3. The minimum Gasteiger partial charge on any atom is -0.494 e. The fraction of sp³-hybridized carbons (Fsp3) is 0.292. The molecule has 1 aromatic heterocycles. The summed E-state index contributed by atoms with van der Waals surface area (Å²) in [7, 11) is 0. The molecule has 0 unspecified atom stereocenters. The lowest BCUT2D eigenvalue weighted by Gasteiger charge is -2.36. The van der Waals surface area contributed by atoms with Crippen molar-refractivity contribution in [2.45, 2.75) is 6.42 Å². The van der Waals surface area contributed by atoms with E-state index in [0.29, 0.717) is 0 Å². The number of aromatic nitrogens is 1. The standard InChI is InChI=1S/C24H27N3O2/c1-2-5-23(6-3-1)29-24-9-7-22(8-10-24)28-20-4-15-26-16-18-27(19-17-26)21-11-13-25-14-12-21/h1-3,5-14H,4,15-20H2. The largest absolute Gasteiger partial charge is 0.494 e. The van der Waals surface area contributed by atoms with E-state index in [1.165, 1.54) is 5.69 Å². The van der Waals surface area contributed by atoms with Crippen LogP contribution < -0.4 is 14.4 Å². The van der Waals surface area contributed by atoms with Crippen LogP contribution in [0.15, 0.2) is 79.1 Å². The molecule has 0 bridgehead atoms. The first-order valence-corrected chi connectivity index (χ1v) is 10.2. The molecule has 0 N–H and O–H groups in total. The topological polar surface area (TPSA) is 37.8 Å². The smallest absolute Gasteiger partial charge is 0.127 e. The van der Waals surface area contributed by atoms with E-state index in [1.54, 1.807) is 0 Å². The van der Waals surface area contributed by atoms with Gasteiger partial charge in [-0.1, -0.05) is 18.2 Å². The van der Waals surface area contributed by atoms with E-state index in [-0.39, 0.29) is 0 Å². The number of hydrogen-bond acceptors (Lipinski definition) is 5. The maximum atomic E-state index is 5.89. The summed E-state index contributed by atoms with van der Waals surface area (Å²) in [6.45, 7) is 6.10. The highest BCUT2D eigenvalue weighted by Crippen LogP contribution is 2.23. The van der Waals surface area contributed by atoms with Crippen LogP contribution in [0.4, 0.5) is 5.69 Å². The summed E-state index contributed by atoms with van der Waals surface area (Å²) in [6, 6.07) is 21.8. The molecule has 1 saturated heterocycles. The summed E-state index contributed by atoms with van der Waals surface area (Å²) in [4.78, 5) is 9.03. The Hall–Kier alpha value is -3.05. The lowest BCUT2D eigenvalue weighted by molar-refractivity contribution is 0.224. The zero-order chi connectivity index (χ0) is 19.7. The molecular weight excluding hydrogens is 362 g/mol. The highest BCUT2D eigenvalue weighted by molar-refractivity contribution is 5.45. The summed E-state index contributed by atoms with van der Waals surface area (Å²) in [6.07, 6.45) is 4.75. The Morgan fingerprint density at radius 2 is 1.38 bits per heavy atom. The molecule has 1 aliphatic rings. The lowest BCUT2D eigenvalue weighted by atomic mass is 10.2. The molecule has 0 aliphatic carbocycles. The van der Waals surface area contributed by atoms with Gasteiger partial charge in [-0.3, -0.25) is 9.88 Å². The van der Waals surface area contributed by atoms with Crippen LogP contribution >= 0.6 is 0 Å². The zero-order valence-corrected chi connectivity index (χ0v) is 16.6. The Balaban J connectivity index is 1.14. The Morgan fingerprint density at radius 1 is 0.724 bits per heavy atom. The van der Waals surface area contributed by atoms with Crippen LogP contribution in [0.1, 0.15) is 6.42 Å². The molecule has 0 amide bonds. The van der Waals surface area contributed by atoms with Crippen LogP contribution in [0, 0.1) is 0 Å². The predicted octanol–water partition coefficient (Wildman–Crippen LogP) is 4.47. The van der Waals surface area contributed by atoms with Gasteiger partial charge in [-0.05, 0) is 55.0 Å². The quantitative estimate of drug-likeness (QED) is 0.532. The number of benzene rings is 2. The molecule has 5 heteroatoms. The van der Waals surface area contributed by atoms with Gasteiger partial charge < -0.3 is 14.4 Å². The van der Waals surface area contributed by atoms with Crippen molar-refractivity contribution in [3.05, 3.63) is 79.1 Å². The first-order chi connectivity index (χ1) is 14.4. The van der Waals surface area contributed by atoms with Crippen molar-refractivity contribution in [1.82, 2.24) is 9.88 Å². The summed E-state index contributed by atoms with van der Waals surface area (Å²) in [5.41, 5.74) is 1.27. The molecule has 2 heterocycles. The van der Waals surface area contributed by atoms with Gasteiger partial charge in [0.2, 0.25) is 0 Å². The summed E-state index contributed by atoms with van der Waals surface area (Å²) in [5.74, 6) is 2.54. The second-order valence-corrected chi connectivity index (χ2v) is 7.12. The number of pyridine rings is 1. The van der Waals surface area contributed by atoms with Crippen molar-refractivity contribution in [2.75, 3.05) is 44.2 Å². The van der Waals surface area contributed by atoms with Crippen molar-refractivity contribution in [3.8, 4) is 17.2 Å². The van der Waals surface area contributed by atoms with Crippen LogP contribution in [0.2, 0.25) is 0 Å². The van der Waals surface area contributed by atoms with Gasteiger partial charge in [0.05, 0.1) is 6.61 Å². The van der Waals surface area contributed by atoms with Gasteiger partial charge in [-0.2, -0.15) is 0 Å². The monoisotopic (exact) mass is 389 g/mol. The molecule has 0 atom stereocenters. The number of ether oxygens (including phenoxy) is 2. The summed E-state index contributed by atoms with van der Waals surface area (Å²) in [5, 5.41) is 0. The van der Waals surface area contributed by atoms with Gasteiger partial charge >= 0.3 is 0 Å². The molecule has 1 fully saturated rings. The maximum absolute atomic E-state index is 5.89. The fourth-order valence-electron chi connectivity index (χ4n) is 3.49. The van der Waals surface area contributed by atoms with Gasteiger partial charge in [0.1, 0.15) is 17.2 Å². The van der Waals surface area contributed by atoms with Crippen molar-refractivity contribution >= 4 is 5.69 Å². The SMILES string of the molecule is c1ccc(Oc2ccc(OCCCN3CCN(c4ccncc4)CC3)cc2)cc1. The Bertz CT molecular complexity index is 848. The van der Waals surface area contributed by atoms with Crippen molar-refractivity contribution < 1.29 is 9.47 Å². The zero-order valence-electron chi connectivity index (χ0n) is 16.6. The Morgan fingerprint density at radius 3 is 2.10 bits per heavy atom. The minimum absolute atomic E-state index is 0.726. The fourth-order valence-corrected chi connectivity index (χ4v) is 3.49. The summed E-state index contributed by atoms with van der Waals surface area (Å²) < 4.78 is 11.7. The van der Waals surface area contributed by atoms with Crippen molar-refractivity contribution in [1.29, 1.82) is 0 Å². The first-order valence-electron chi connectivity index (χ1n) is 10.2. The number of nitrogens with zero attached hydrogens (tertiary/aromatic N) is 3. The molecule has 1 aliphatic heterocycles. The van der Waals surface area contributed by atoms with Gasteiger partial charge in [0.15, 0.2) is 0 Å². The highest BCUT2D eigenvalue weighted by atomic mass is 16.5. The van der Waals surface area contributed by atoms with Crippen LogP contribution in [-0.4, -0.2) is 49.2 Å². The molecule has 5 nitrogen and oxygen atoms in total. The average molecular weight is 389 g/mol. The van der Waals surface area contributed by atoms with Gasteiger partial charge in [0, 0.05) is 50.8 Å². The Labute approximate surface area is 172 Å². The number of para-hydroxylation sites is 1. The number of hydrogen-bond donors (Lipinski definition) is 0. The predicted molar refractivity (Wildman–Crippen MR) is 116 cm³/mol. The van der Waals surface area contributed by atoms with Crippen molar-refractivity contribution in [2.24, 2.45) is 0 Å². The van der Waals surface area contributed by atoms with E-state index >= 15 is 0 Å². The lowest BCUT2D eigenvalue weighted by Crippen LogP contribution is -2.46. The molecule has 2 aromatic carbocycles. The molecule has 0 radical (unpaired) electrons. The van der Waals surface area contributed by atoms with E-state index < -0.39 is 0 Å². The molecule has 0 saturated carbocycles. The number of piperazine rings is 1. The third kappa shape index (κ3) is 5.72. The highest BCUT2D eigenvalue weighted by Gasteiger charge is 2.16. The second kappa shape index (κ2) is 9.94. The van der Waals surface area contributed by atoms with Crippen molar-refractivity contribution in [3.63, 3.8) is 0 Å². The van der Waals surface area contributed by atoms with E-state index in [0.717, 1.165) is 63.0 Å². The Kier molecular flexibility index (Phi) is 6.60. The van der Waals surface area contributed by atoms with Crippen LogP contribution in [0.5, 0.6) is 17.2 Å². The molecule has 4 rings (SSSR count).